The van der Waals surface area contributed by atoms with Crippen LogP contribution in [0.1, 0.15) is 90.7 Å². The molecule has 0 radical (unpaired) electrons. The van der Waals surface area contributed by atoms with Crippen molar-refractivity contribution in [3.8, 4) is 39.6 Å². The first kappa shape index (κ1) is 31.7. The van der Waals surface area contributed by atoms with Gasteiger partial charge in [-0.1, -0.05) is 151 Å². The van der Waals surface area contributed by atoms with Crippen LogP contribution in [0.4, 0.5) is 22.7 Å². The third-order valence-electron chi connectivity index (χ3n) is 12.4. The van der Waals surface area contributed by atoms with Gasteiger partial charge < -0.3 is 14.5 Å². The molecule has 0 amide bonds. The van der Waals surface area contributed by atoms with Crippen molar-refractivity contribution in [3.05, 3.63) is 193 Å². The number of benzene rings is 7. The van der Waals surface area contributed by atoms with E-state index in [4.69, 9.17) is 23.4 Å². The van der Waals surface area contributed by atoms with Crippen molar-refractivity contribution in [2.24, 2.45) is 0 Å². The fourth-order valence-corrected chi connectivity index (χ4v) is 9.23. The number of pyridine rings is 1. The van der Waals surface area contributed by atoms with Gasteiger partial charge in [-0.05, 0) is 113 Å². The van der Waals surface area contributed by atoms with Crippen LogP contribution in [-0.2, 0) is 18.3 Å². The minimum Gasteiger partial charge on any atom is -0.457 e. The van der Waals surface area contributed by atoms with E-state index in [1.807, 2.05) is 65.7 Å². The van der Waals surface area contributed by atoms with Gasteiger partial charge in [0, 0.05) is 45.9 Å². The Labute approximate surface area is 398 Å². The van der Waals surface area contributed by atoms with Crippen LogP contribution in [0, 0.1) is 0 Å². The van der Waals surface area contributed by atoms with Crippen LogP contribution in [0.3, 0.4) is 0 Å². The molecule has 0 N–H and O–H groups in total. The highest BCUT2D eigenvalue weighted by molar-refractivity contribution is 6.10. The standard InChI is InChI=1S/C60H58N4O/c1-6-8-11-25-45-36-53-52-33-32-49(40-57(52)64(56(53)37-44(45)20-7-2)58-38-46(34-35-61-58)60(3,4)5)65-48-27-18-26-47(39-48)62-41-63(55-31-17-16-30-54(55)62)59-50(42-21-12-9-13-22-42)28-19-29-51(59)43-23-14-10-15-24-43/h9-10,12-19,21-24,26-40H,6-8,11,20,25,41H2,1-5H3/i9D,10D,12D,13D,14D,15D,21D,22D,23D,24D. The Morgan fingerprint density at radius 3 is 1.95 bits per heavy atom. The predicted octanol–water partition coefficient (Wildman–Crippen LogP) is 16.5. The zero-order valence-electron chi connectivity index (χ0n) is 47.6. The Kier molecular flexibility index (Phi) is 8.68. The first-order valence-electron chi connectivity index (χ1n) is 27.7. The summed E-state index contributed by atoms with van der Waals surface area (Å²) in [5, 5.41) is 2.28. The summed E-state index contributed by atoms with van der Waals surface area (Å²) in [6.45, 7) is 11.2. The second kappa shape index (κ2) is 17.8. The van der Waals surface area contributed by atoms with E-state index in [2.05, 4.69) is 80.5 Å². The molecule has 324 valence electrons. The van der Waals surface area contributed by atoms with Gasteiger partial charge in [-0.15, -0.1) is 0 Å². The number of aryl methyl sites for hydroxylation is 2. The highest BCUT2D eigenvalue weighted by Crippen LogP contribution is 2.50. The van der Waals surface area contributed by atoms with Gasteiger partial charge in [0.2, 0.25) is 0 Å². The molecule has 5 heteroatoms. The molecule has 0 aliphatic carbocycles. The van der Waals surface area contributed by atoms with Crippen molar-refractivity contribution in [1.29, 1.82) is 0 Å². The van der Waals surface area contributed by atoms with Gasteiger partial charge in [-0.25, -0.2) is 4.98 Å². The van der Waals surface area contributed by atoms with Crippen molar-refractivity contribution < 1.29 is 18.4 Å². The van der Waals surface area contributed by atoms with Gasteiger partial charge in [0.05, 0.1) is 41.8 Å². The van der Waals surface area contributed by atoms with E-state index in [0.29, 0.717) is 22.9 Å². The SMILES string of the molecule is [2H]c1c([2H])c([2H])c(-c2cccc(-c3c([2H])c([2H])c([2H])c([2H])c3[2H])c2N2CN(c3cccc(Oc4ccc5c6cc(CCCCC)c(CCC)cc6n(-c6cc(C(C)(C)C)ccn6)c5c4)c3)c3ccccc32)c([2H])c1[2H]. The minimum absolute atomic E-state index is 0.0842. The topological polar surface area (TPSA) is 33.5 Å². The molecule has 9 aromatic rings. The van der Waals surface area contributed by atoms with Crippen molar-refractivity contribution in [1.82, 2.24) is 9.55 Å². The first-order chi connectivity index (χ1) is 35.9. The number of aromatic nitrogens is 2. The Morgan fingerprint density at radius 1 is 0.600 bits per heavy atom. The van der Waals surface area contributed by atoms with E-state index < -0.39 is 60.4 Å². The summed E-state index contributed by atoms with van der Waals surface area (Å²) >= 11 is 0. The van der Waals surface area contributed by atoms with Gasteiger partial charge in [0.1, 0.15) is 24.0 Å². The highest BCUT2D eigenvalue weighted by atomic mass is 16.5. The Morgan fingerprint density at radius 2 is 1.26 bits per heavy atom. The lowest BCUT2D eigenvalue weighted by molar-refractivity contribution is 0.483. The highest BCUT2D eigenvalue weighted by Gasteiger charge is 2.31. The molecule has 3 heterocycles. The number of hydrogen-bond acceptors (Lipinski definition) is 4. The summed E-state index contributed by atoms with van der Waals surface area (Å²) in [7, 11) is 0. The summed E-state index contributed by atoms with van der Waals surface area (Å²) in [5.74, 6) is 2.04. The molecule has 0 fully saturated rings. The van der Waals surface area contributed by atoms with Crippen molar-refractivity contribution >= 4 is 44.6 Å². The minimum atomic E-state index is -0.546. The maximum atomic E-state index is 9.07. The van der Waals surface area contributed by atoms with Crippen LogP contribution in [-0.4, -0.2) is 16.2 Å². The molecule has 0 atom stereocenters. The zero-order valence-corrected chi connectivity index (χ0v) is 37.6. The fourth-order valence-electron chi connectivity index (χ4n) is 9.23. The molecule has 0 saturated heterocycles. The monoisotopic (exact) mass is 861 g/mol. The summed E-state index contributed by atoms with van der Waals surface area (Å²) in [4.78, 5) is 8.95. The van der Waals surface area contributed by atoms with E-state index >= 15 is 0 Å². The van der Waals surface area contributed by atoms with Gasteiger partial charge in [-0.2, -0.15) is 0 Å². The number of hydrogen-bond donors (Lipinski definition) is 0. The summed E-state index contributed by atoms with van der Waals surface area (Å²) in [6, 6.07) is 30.7. The largest absolute Gasteiger partial charge is 0.457 e. The molecule has 5 nitrogen and oxygen atoms in total. The first-order valence-corrected chi connectivity index (χ1v) is 22.7. The fraction of sp³-hybridized carbons (Fsp3) is 0.217. The molecule has 0 bridgehead atoms. The zero-order chi connectivity index (χ0) is 53.2. The molecule has 0 saturated carbocycles. The predicted molar refractivity (Wildman–Crippen MR) is 274 cm³/mol. The molecule has 1 aliphatic rings. The number of nitrogens with zero attached hydrogens (tertiary/aromatic N) is 4. The van der Waals surface area contributed by atoms with Crippen molar-refractivity contribution in [3.63, 3.8) is 0 Å². The lowest BCUT2D eigenvalue weighted by atomic mass is 9.88. The number of para-hydroxylation sites is 3. The lowest BCUT2D eigenvalue weighted by Gasteiger charge is -2.27. The normalized spacial score (nSPS) is 14.8. The number of ether oxygens (including phenoxy) is 1. The average molecular weight is 861 g/mol. The maximum Gasteiger partial charge on any atom is 0.137 e. The molecule has 65 heavy (non-hydrogen) atoms. The maximum absolute atomic E-state index is 9.07. The van der Waals surface area contributed by atoms with Crippen LogP contribution in [0.5, 0.6) is 11.5 Å². The summed E-state index contributed by atoms with van der Waals surface area (Å²) in [5.41, 5.74) is 8.73. The average Bonchev–Trinajstić information content (AvgIpc) is 4.00. The number of fused-ring (bicyclic) bond motifs is 4. The molecule has 7 aromatic carbocycles. The number of rotatable bonds is 13. The van der Waals surface area contributed by atoms with Crippen LogP contribution >= 0.6 is 0 Å². The Bertz CT molecular complexity index is 3590. The van der Waals surface area contributed by atoms with Crippen LogP contribution in [0.25, 0.3) is 49.9 Å². The Balaban J connectivity index is 1.09. The van der Waals surface area contributed by atoms with Gasteiger partial charge in [-0.3, -0.25) is 4.57 Å². The third-order valence-corrected chi connectivity index (χ3v) is 12.4. The quantitative estimate of drug-likeness (QED) is 0.108. The molecule has 0 unspecified atom stereocenters. The van der Waals surface area contributed by atoms with Crippen LogP contribution in [0.2, 0.25) is 0 Å². The Hall–Kier alpha value is -7.11. The van der Waals surface area contributed by atoms with E-state index in [-0.39, 0.29) is 34.3 Å². The molecule has 0 spiro atoms. The van der Waals surface area contributed by atoms with Gasteiger partial charge >= 0.3 is 0 Å². The second-order valence-electron chi connectivity index (χ2n) is 17.8. The number of anilines is 4. The molecular weight excluding hydrogens is 793 g/mol. The van der Waals surface area contributed by atoms with E-state index in [1.54, 1.807) is 18.2 Å². The van der Waals surface area contributed by atoms with Gasteiger partial charge in [0.25, 0.3) is 0 Å². The lowest BCUT2D eigenvalue weighted by Crippen LogP contribution is -2.24. The van der Waals surface area contributed by atoms with Crippen molar-refractivity contribution in [2.75, 3.05) is 16.5 Å². The van der Waals surface area contributed by atoms with E-state index in [1.165, 1.54) is 28.5 Å². The number of unbranched alkanes of at least 4 members (excludes halogenated alkanes) is 2. The van der Waals surface area contributed by atoms with E-state index in [9.17, 15) is 0 Å². The third kappa shape index (κ3) is 8.16. The molecule has 10 rings (SSSR count). The van der Waals surface area contributed by atoms with Crippen LogP contribution in [0.15, 0.2) is 176 Å². The molecule has 2 aromatic heterocycles. The molecule has 1 aliphatic heterocycles. The van der Waals surface area contributed by atoms with Crippen molar-refractivity contribution in [2.45, 2.75) is 78.6 Å². The summed E-state index contributed by atoms with van der Waals surface area (Å²) in [6.07, 6.45) is 8.45. The van der Waals surface area contributed by atoms with Crippen LogP contribution < -0.4 is 14.5 Å². The van der Waals surface area contributed by atoms with E-state index in [0.717, 1.165) is 65.7 Å². The summed E-state index contributed by atoms with van der Waals surface area (Å²) < 4.78 is 96.6. The smallest absolute Gasteiger partial charge is 0.137 e. The molecular formula is C60H58N4O. The second-order valence-corrected chi connectivity index (χ2v) is 17.8. The van der Waals surface area contributed by atoms with Gasteiger partial charge in [0.15, 0.2) is 0 Å².